The second kappa shape index (κ2) is 6.69. The summed E-state index contributed by atoms with van der Waals surface area (Å²) in [5.74, 6) is -2.52. The minimum atomic E-state index is -2.93. The Bertz CT molecular complexity index is 345. The normalized spacial score (nSPS) is 12.7. The Morgan fingerprint density at radius 3 is 2.11 bits per heavy atom. The van der Waals surface area contributed by atoms with Gasteiger partial charge in [-0.1, -0.05) is 37.3 Å². The molecule has 1 N–H and O–H groups in total. The summed E-state index contributed by atoms with van der Waals surface area (Å²) >= 11 is 11.6. The molecular weight excluding hydrogens is 279 g/mol. The van der Waals surface area contributed by atoms with Crippen LogP contribution in [0.5, 0.6) is 0 Å². The third-order valence-electron chi connectivity index (χ3n) is 3.07. The maximum Gasteiger partial charge on any atom is 0.285 e. The van der Waals surface area contributed by atoms with Crippen LogP contribution in [-0.2, 0) is 5.92 Å². The fourth-order valence-corrected chi connectivity index (χ4v) is 2.38. The van der Waals surface area contributed by atoms with Gasteiger partial charge in [0, 0.05) is 22.9 Å². The van der Waals surface area contributed by atoms with Crippen LogP contribution in [0.2, 0.25) is 0 Å². The quantitative estimate of drug-likeness (QED) is 0.750. The van der Waals surface area contributed by atoms with Crippen molar-refractivity contribution in [1.29, 1.82) is 0 Å². The Kier molecular flexibility index (Phi) is 5.83. The Morgan fingerprint density at radius 2 is 1.67 bits per heavy atom. The summed E-state index contributed by atoms with van der Waals surface area (Å²) in [4.78, 5) is 0. The molecule has 0 aliphatic rings. The molecule has 0 unspecified atom stereocenters. The number of halogens is 4. The van der Waals surface area contributed by atoms with Gasteiger partial charge < -0.3 is 5.32 Å². The number of rotatable bonds is 7. The van der Waals surface area contributed by atoms with Crippen molar-refractivity contribution < 1.29 is 8.78 Å². The SMILES string of the molecule is CCC(CCl)(CCl)NCC(F)(F)c1ccccc1. The lowest BCUT2D eigenvalue weighted by Gasteiger charge is -2.31. The average Bonchev–Trinajstić information content (AvgIpc) is 2.42. The van der Waals surface area contributed by atoms with Gasteiger partial charge in [-0.15, -0.1) is 23.2 Å². The van der Waals surface area contributed by atoms with Crippen molar-refractivity contribution in [3.8, 4) is 0 Å². The van der Waals surface area contributed by atoms with Crippen LogP contribution >= 0.6 is 23.2 Å². The van der Waals surface area contributed by atoms with Crippen LogP contribution in [0.25, 0.3) is 0 Å². The molecule has 1 rings (SSSR count). The summed E-state index contributed by atoms with van der Waals surface area (Å²) in [7, 11) is 0. The lowest BCUT2D eigenvalue weighted by atomic mass is 10.00. The largest absolute Gasteiger partial charge is 0.303 e. The maximum absolute atomic E-state index is 13.9. The van der Waals surface area contributed by atoms with Gasteiger partial charge in [0.1, 0.15) is 0 Å². The van der Waals surface area contributed by atoms with Crippen molar-refractivity contribution in [2.24, 2.45) is 0 Å². The second-order valence-electron chi connectivity index (χ2n) is 4.33. The van der Waals surface area contributed by atoms with Crippen LogP contribution in [-0.4, -0.2) is 23.8 Å². The molecule has 0 radical (unpaired) electrons. The lowest BCUT2D eigenvalue weighted by Crippen LogP contribution is -2.51. The second-order valence-corrected chi connectivity index (χ2v) is 4.86. The molecule has 0 bridgehead atoms. The number of hydrogen-bond acceptors (Lipinski definition) is 1. The van der Waals surface area contributed by atoms with Crippen LogP contribution in [0.1, 0.15) is 18.9 Å². The highest BCUT2D eigenvalue weighted by atomic mass is 35.5. The predicted octanol–water partition coefficient (Wildman–Crippen LogP) is 3.99. The van der Waals surface area contributed by atoms with Crippen molar-refractivity contribution in [2.45, 2.75) is 24.8 Å². The fraction of sp³-hybridized carbons (Fsp3) is 0.538. The van der Waals surface area contributed by atoms with Crippen LogP contribution in [0.4, 0.5) is 8.78 Å². The molecule has 1 aromatic carbocycles. The highest BCUT2D eigenvalue weighted by Crippen LogP contribution is 2.28. The molecule has 1 aromatic rings. The summed E-state index contributed by atoms with van der Waals surface area (Å²) in [6, 6.07) is 7.73. The van der Waals surface area contributed by atoms with E-state index in [1.54, 1.807) is 18.2 Å². The first-order chi connectivity index (χ1) is 8.49. The zero-order valence-electron chi connectivity index (χ0n) is 10.2. The van der Waals surface area contributed by atoms with Gasteiger partial charge in [-0.25, -0.2) is 0 Å². The van der Waals surface area contributed by atoms with E-state index in [9.17, 15) is 8.78 Å². The van der Waals surface area contributed by atoms with Gasteiger partial charge in [0.2, 0.25) is 0 Å². The number of nitrogens with one attached hydrogen (secondary N) is 1. The van der Waals surface area contributed by atoms with Crippen LogP contribution < -0.4 is 5.32 Å². The minimum absolute atomic E-state index is 0.00773. The van der Waals surface area contributed by atoms with Crippen LogP contribution in [0, 0.1) is 0 Å². The molecule has 18 heavy (non-hydrogen) atoms. The van der Waals surface area contributed by atoms with Crippen molar-refractivity contribution in [2.75, 3.05) is 18.3 Å². The van der Waals surface area contributed by atoms with E-state index in [4.69, 9.17) is 23.2 Å². The first kappa shape index (κ1) is 15.7. The van der Waals surface area contributed by atoms with Gasteiger partial charge in [-0.05, 0) is 6.42 Å². The van der Waals surface area contributed by atoms with Gasteiger partial charge in [0.25, 0.3) is 5.92 Å². The summed E-state index contributed by atoms with van der Waals surface area (Å²) in [5.41, 5.74) is -0.645. The van der Waals surface area contributed by atoms with Crippen molar-refractivity contribution >= 4 is 23.2 Å². The van der Waals surface area contributed by atoms with E-state index in [0.717, 1.165) is 0 Å². The maximum atomic E-state index is 13.9. The monoisotopic (exact) mass is 295 g/mol. The third kappa shape index (κ3) is 3.81. The number of benzene rings is 1. The highest BCUT2D eigenvalue weighted by Gasteiger charge is 2.35. The summed E-state index contributed by atoms with van der Waals surface area (Å²) in [6.07, 6.45) is 0.602. The van der Waals surface area contributed by atoms with E-state index in [1.165, 1.54) is 12.1 Å². The Balaban J connectivity index is 2.72. The standard InChI is InChI=1S/C13H17Cl2F2N/c1-2-12(8-14,9-15)18-10-13(16,17)11-6-4-3-5-7-11/h3-7,18H,2,8-10H2,1H3. The average molecular weight is 296 g/mol. The first-order valence-corrected chi connectivity index (χ1v) is 6.87. The first-order valence-electron chi connectivity index (χ1n) is 5.80. The molecule has 0 aliphatic carbocycles. The molecule has 102 valence electrons. The topological polar surface area (TPSA) is 12.0 Å². The van der Waals surface area contributed by atoms with Crippen molar-refractivity contribution in [3.05, 3.63) is 35.9 Å². The smallest absolute Gasteiger partial charge is 0.285 e. The summed E-state index contributed by atoms with van der Waals surface area (Å²) < 4.78 is 27.9. The highest BCUT2D eigenvalue weighted by molar-refractivity contribution is 6.22. The molecule has 0 aliphatic heterocycles. The van der Waals surface area contributed by atoms with E-state index in [2.05, 4.69) is 5.32 Å². The Labute approximate surface area is 116 Å². The molecule has 0 saturated carbocycles. The molecule has 0 aromatic heterocycles. The molecule has 1 nitrogen and oxygen atoms in total. The van der Waals surface area contributed by atoms with E-state index in [1.807, 2.05) is 6.92 Å². The Morgan fingerprint density at radius 1 is 1.11 bits per heavy atom. The molecule has 0 amide bonds. The predicted molar refractivity (Wildman–Crippen MR) is 72.8 cm³/mol. The van der Waals surface area contributed by atoms with E-state index in [0.29, 0.717) is 6.42 Å². The molecule has 0 heterocycles. The van der Waals surface area contributed by atoms with Gasteiger partial charge in [-0.2, -0.15) is 8.78 Å². The van der Waals surface area contributed by atoms with Gasteiger partial charge in [0.15, 0.2) is 0 Å². The van der Waals surface area contributed by atoms with E-state index in [-0.39, 0.29) is 17.3 Å². The van der Waals surface area contributed by atoms with Crippen molar-refractivity contribution in [1.82, 2.24) is 5.32 Å². The minimum Gasteiger partial charge on any atom is -0.303 e. The molecule has 0 spiro atoms. The van der Waals surface area contributed by atoms with Gasteiger partial charge >= 0.3 is 0 Å². The molecular formula is C13H17Cl2F2N. The zero-order valence-corrected chi connectivity index (χ0v) is 11.7. The third-order valence-corrected chi connectivity index (χ3v) is 4.09. The Hall–Kier alpha value is -0.380. The number of hydrogen-bond donors (Lipinski definition) is 1. The van der Waals surface area contributed by atoms with Crippen LogP contribution in [0.15, 0.2) is 30.3 Å². The molecule has 5 heteroatoms. The van der Waals surface area contributed by atoms with Crippen LogP contribution in [0.3, 0.4) is 0 Å². The molecule has 0 saturated heterocycles. The van der Waals surface area contributed by atoms with E-state index < -0.39 is 18.0 Å². The zero-order chi connectivity index (χ0) is 13.6. The fourth-order valence-electron chi connectivity index (χ4n) is 1.53. The van der Waals surface area contributed by atoms with Gasteiger partial charge in [0.05, 0.1) is 6.54 Å². The lowest BCUT2D eigenvalue weighted by molar-refractivity contribution is -0.00924. The van der Waals surface area contributed by atoms with Gasteiger partial charge in [-0.3, -0.25) is 0 Å². The van der Waals surface area contributed by atoms with E-state index >= 15 is 0 Å². The molecule has 0 fully saturated rings. The number of alkyl halides is 4. The van der Waals surface area contributed by atoms with Crippen molar-refractivity contribution in [3.63, 3.8) is 0 Å². The molecule has 0 atom stereocenters. The summed E-state index contributed by atoms with van der Waals surface area (Å²) in [6.45, 7) is 1.41. The summed E-state index contributed by atoms with van der Waals surface area (Å²) in [5, 5.41) is 2.81.